The van der Waals surface area contributed by atoms with E-state index in [0.717, 1.165) is 42.5 Å². The Bertz CT molecular complexity index is 756. The van der Waals surface area contributed by atoms with Gasteiger partial charge in [-0.25, -0.2) is 0 Å². The summed E-state index contributed by atoms with van der Waals surface area (Å²) in [6.45, 7) is 6.41. The number of carbonyl (C=O) groups is 1. The van der Waals surface area contributed by atoms with Crippen LogP contribution in [0.15, 0.2) is 29.3 Å². The lowest BCUT2D eigenvalue weighted by Crippen LogP contribution is -2.48. The molecule has 26 heavy (non-hydrogen) atoms. The number of nitrogens with one attached hydrogen (secondary N) is 2. The third-order valence-electron chi connectivity index (χ3n) is 5.18. The average molecular weight is 375 g/mol. The lowest BCUT2D eigenvalue weighted by Gasteiger charge is -2.30. The number of benzene rings is 1. The molecule has 142 valence electrons. The Morgan fingerprint density at radius 3 is 2.85 bits per heavy atom. The van der Waals surface area contributed by atoms with E-state index in [2.05, 4.69) is 43.2 Å². The molecule has 5 heteroatoms. The van der Waals surface area contributed by atoms with E-state index in [1.807, 2.05) is 12.3 Å². The van der Waals surface area contributed by atoms with Crippen molar-refractivity contribution in [1.82, 2.24) is 10.3 Å². The minimum absolute atomic E-state index is 0.0533. The van der Waals surface area contributed by atoms with Gasteiger partial charge in [-0.3, -0.25) is 4.79 Å². The summed E-state index contributed by atoms with van der Waals surface area (Å²) in [5.74, 6) is 0.485. The maximum absolute atomic E-state index is 13.0. The highest BCUT2D eigenvalue weighted by Gasteiger charge is 2.29. The van der Waals surface area contributed by atoms with E-state index >= 15 is 0 Å². The summed E-state index contributed by atoms with van der Waals surface area (Å²) in [5.41, 5.74) is 2.33. The van der Waals surface area contributed by atoms with Gasteiger partial charge in [-0.2, -0.15) is 0 Å². The number of rotatable bonds is 6. The molecule has 2 aromatic rings. The van der Waals surface area contributed by atoms with Crippen LogP contribution < -0.4 is 5.32 Å². The number of amides is 1. The number of H-pyrrole nitrogens is 1. The zero-order valence-corrected chi connectivity index (χ0v) is 16.7. The third kappa shape index (κ3) is 4.44. The van der Waals surface area contributed by atoms with Crippen molar-refractivity contribution in [3.05, 3.63) is 30.0 Å². The molecule has 0 aliphatic heterocycles. The molecule has 3 atom stereocenters. The molecule has 0 radical (unpaired) electrons. The third-order valence-corrected chi connectivity index (χ3v) is 6.45. The quantitative estimate of drug-likeness (QED) is 0.657. The molecule has 1 saturated carbocycles. The molecule has 1 amide bonds. The fourth-order valence-electron chi connectivity index (χ4n) is 3.77. The van der Waals surface area contributed by atoms with Gasteiger partial charge in [0, 0.05) is 22.0 Å². The summed E-state index contributed by atoms with van der Waals surface area (Å²) >= 11 is 1.64. The van der Waals surface area contributed by atoms with Crippen LogP contribution >= 0.6 is 11.8 Å². The molecule has 1 unspecified atom stereocenters. The van der Waals surface area contributed by atoms with E-state index in [1.165, 1.54) is 10.9 Å². The van der Waals surface area contributed by atoms with Gasteiger partial charge in [0.05, 0.1) is 17.4 Å². The Hall–Kier alpha value is -1.46. The first-order chi connectivity index (χ1) is 12.5. The summed E-state index contributed by atoms with van der Waals surface area (Å²) in [6, 6.07) is 6.13. The van der Waals surface area contributed by atoms with Gasteiger partial charge >= 0.3 is 0 Å². The second-order valence-electron chi connectivity index (χ2n) is 7.85. The SMILES string of the molecule is Cc1cccc2[nH]cc(SC(CC(C)C)C(=O)N[C@@H]3CCCC[C@H]3O)c12. The number of aliphatic hydroxyl groups excluding tert-OH is 1. The van der Waals surface area contributed by atoms with Crippen LogP contribution in [0.4, 0.5) is 0 Å². The van der Waals surface area contributed by atoms with Crippen molar-refractivity contribution < 1.29 is 9.90 Å². The molecule has 0 spiro atoms. The van der Waals surface area contributed by atoms with Crippen molar-refractivity contribution in [3.63, 3.8) is 0 Å². The van der Waals surface area contributed by atoms with Gasteiger partial charge in [0.25, 0.3) is 0 Å². The van der Waals surface area contributed by atoms with Crippen LogP contribution in [0, 0.1) is 12.8 Å². The molecule has 0 bridgehead atoms. The standard InChI is InChI=1S/C21H30N2O2S/c1-13(2)11-18(21(25)23-15-8-4-5-10-17(15)24)26-19-12-22-16-9-6-7-14(3)20(16)19/h6-7,9,12-13,15,17-18,22,24H,4-5,8,10-11H2,1-3H3,(H,23,25)/t15-,17-,18?/m1/s1. The second kappa shape index (κ2) is 8.49. The maximum Gasteiger partial charge on any atom is 0.233 e. The number of thioether (sulfide) groups is 1. The van der Waals surface area contributed by atoms with Crippen molar-refractivity contribution in [1.29, 1.82) is 0 Å². The molecule has 1 heterocycles. The highest BCUT2D eigenvalue weighted by Crippen LogP contribution is 2.35. The summed E-state index contributed by atoms with van der Waals surface area (Å²) < 4.78 is 0. The Balaban J connectivity index is 1.77. The van der Waals surface area contributed by atoms with Gasteiger partial charge in [-0.05, 0) is 43.7 Å². The fraction of sp³-hybridized carbons (Fsp3) is 0.571. The Kier molecular flexibility index (Phi) is 6.30. The van der Waals surface area contributed by atoms with Crippen LogP contribution in [-0.2, 0) is 4.79 Å². The van der Waals surface area contributed by atoms with Crippen LogP contribution in [0.1, 0.15) is 51.5 Å². The van der Waals surface area contributed by atoms with Crippen LogP contribution in [0.25, 0.3) is 10.9 Å². The van der Waals surface area contributed by atoms with E-state index in [9.17, 15) is 9.90 Å². The van der Waals surface area contributed by atoms with Gasteiger partial charge in [0.1, 0.15) is 0 Å². The van der Waals surface area contributed by atoms with Crippen LogP contribution in [0.3, 0.4) is 0 Å². The van der Waals surface area contributed by atoms with E-state index in [-0.39, 0.29) is 17.2 Å². The molecule has 1 aromatic carbocycles. The van der Waals surface area contributed by atoms with Gasteiger partial charge in [0.15, 0.2) is 0 Å². The molecule has 1 aliphatic carbocycles. The molecule has 0 saturated heterocycles. The fourth-order valence-corrected chi connectivity index (χ4v) is 5.25. The number of hydrogen-bond donors (Lipinski definition) is 3. The minimum Gasteiger partial charge on any atom is -0.391 e. The maximum atomic E-state index is 13.0. The average Bonchev–Trinajstić information content (AvgIpc) is 3.00. The largest absolute Gasteiger partial charge is 0.391 e. The molecule has 4 nitrogen and oxygen atoms in total. The Morgan fingerprint density at radius 2 is 2.12 bits per heavy atom. The first-order valence-electron chi connectivity index (χ1n) is 9.67. The first kappa shape index (κ1) is 19.3. The number of aliphatic hydroxyl groups is 1. The van der Waals surface area contributed by atoms with Crippen molar-refractivity contribution in [3.8, 4) is 0 Å². The van der Waals surface area contributed by atoms with Crippen molar-refractivity contribution in [2.24, 2.45) is 5.92 Å². The summed E-state index contributed by atoms with van der Waals surface area (Å²) in [6.07, 6.45) is 6.20. The molecule has 3 rings (SSSR count). The monoisotopic (exact) mass is 374 g/mol. The molecule has 1 aromatic heterocycles. The predicted octanol–water partition coefficient (Wildman–Crippen LogP) is 4.40. The predicted molar refractivity (Wildman–Crippen MR) is 109 cm³/mol. The second-order valence-corrected chi connectivity index (χ2v) is 9.10. The van der Waals surface area contributed by atoms with Crippen molar-refractivity contribution in [2.45, 2.75) is 75.2 Å². The number of hydrogen-bond acceptors (Lipinski definition) is 3. The zero-order valence-electron chi connectivity index (χ0n) is 15.9. The topological polar surface area (TPSA) is 65.1 Å². The zero-order chi connectivity index (χ0) is 18.7. The number of aryl methyl sites for hydroxylation is 1. The number of aromatic amines is 1. The highest BCUT2D eigenvalue weighted by molar-refractivity contribution is 8.00. The van der Waals surface area contributed by atoms with E-state index < -0.39 is 6.10 Å². The normalized spacial score (nSPS) is 21.9. The van der Waals surface area contributed by atoms with Crippen LogP contribution in [0.2, 0.25) is 0 Å². The van der Waals surface area contributed by atoms with Crippen LogP contribution in [-0.4, -0.2) is 33.4 Å². The number of aromatic nitrogens is 1. The lowest BCUT2D eigenvalue weighted by atomic mass is 9.92. The molecular formula is C21H30N2O2S. The smallest absolute Gasteiger partial charge is 0.233 e. The Morgan fingerprint density at radius 1 is 1.35 bits per heavy atom. The van der Waals surface area contributed by atoms with E-state index in [1.54, 1.807) is 11.8 Å². The van der Waals surface area contributed by atoms with E-state index in [4.69, 9.17) is 0 Å². The van der Waals surface area contributed by atoms with Crippen molar-refractivity contribution in [2.75, 3.05) is 0 Å². The van der Waals surface area contributed by atoms with Crippen molar-refractivity contribution >= 4 is 28.6 Å². The number of carbonyl (C=O) groups excluding carboxylic acids is 1. The number of fused-ring (bicyclic) bond motifs is 1. The van der Waals surface area contributed by atoms with Gasteiger partial charge in [0.2, 0.25) is 5.91 Å². The van der Waals surface area contributed by atoms with Crippen LogP contribution in [0.5, 0.6) is 0 Å². The molecular weight excluding hydrogens is 344 g/mol. The Labute approximate surface area is 160 Å². The highest BCUT2D eigenvalue weighted by atomic mass is 32.2. The summed E-state index contributed by atoms with van der Waals surface area (Å²) in [4.78, 5) is 17.4. The molecule has 3 N–H and O–H groups in total. The van der Waals surface area contributed by atoms with Gasteiger partial charge in [-0.1, -0.05) is 38.8 Å². The summed E-state index contributed by atoms with van der Waals surface area (Å²) in [5, 5.41) is 14.4. The van der Waals surface area contributed by atoms with Gasteiger partial charge < -0.3 is 15.4 Å². The van der Waals surface area contributed by atoms with Gasteiger partial charge in [-0.15, -0.1) is 11.8 Å². The molecule has 1 fully saturated rings. The molecule has 1 aliphatic rings. The lowest BCUT2D eigenvalue weighted by molar-refractivity contribution is -0.122. The first-order valence-corrected chi connectivity index (χ1v) is 10.6. The summed E-state index contributed by atoms with van der Waals surface area (Å²) in [7, 11) is 0. The van der Waals surface area contributed by atoms with E-state index in [0.29, 0.717) is 5.92 Å². The minimum atomic E-state index is -0.410.